The molecule has 0 unspecified atom stereocenters. The molecule has 1 amide bonds. The number of hydrogen-bond acceptors (Lipinski definition) is 3. The predicted molar refractivity (Wildman–Crippen MR) is 56.7 cm³/mol. The standard InChI is InChI=1S/C10H15N3O3/c1-3-13-9(4-5-11-13)8(6-10(15)16)12-7(2)14/h4-5,8H,3,6H2,1-2H3,(H,12,14)(H,15,16)/t8-/m0/s1. The van der Waals surface area contributed by atoms with E-state index in [1.807, 2.05) is 6.92 Å². The molecule has 0 aromatic carbocycles. The van der Waals surface area contributed by atoms with Crippen LogP contribution in [0.4, 0.5) is 0 Å². The van der Waals surface area contributed by atoms with Gasteiger partial charge in [-0.25, -0.2) is 0 Å². The normalized spacial score (nSPS) is 12.1. The van der Waals surface area contributed by atoms with Crippen molar-refractivity contribution in [2.45, 2.75) is 32.9 Å². The zero-order chi connectivity index (χ0) is 12.1. The molecule has 1 aromatic heterocycles. The fourth-order valence-electron chi connectivity index (χ4n) is 1.55. The Bertz CT molecular complexity index is 370. The lowest BCUT2D eigenvalue weighted by molar-refractivity contribution is -0.137. The number of aryl methyl sites for hydroxylation is 1. The smallest absolute Gasteiger partial charge is 0.305 e. The van der Waals surface area contributed by atoms with Crippen molar-refractivity contribution in [2.24, 2.45) is 0 Å². The van der Waals surface area contributed by atoms with Crippen molar-refractivity contribution in [3.63, 3.8) is 0 Å². The van der Waals surface area contributed by atoms with Crippen LogP contribution in [0.1, 0.15) is 32.0 Å². The molecule has 1 rings (SSSR count). The number of rotatable bonds is 5. The maximum atomic E-state index is 11.0. The molecule has 0 saturated heterocycles. The van der Waals surface area contributed by atoms with Gasteiger partial charge in [0.05, 0.1) is 18.2 Å². The summed E-state index contributed by atoms with van der Waals surface area (Å²) in [5.74, 6) is -1.21. The predicted octanol–water partition coefficient (Wildman–Crippen LogP) is 0.555. The quantitative estimate of drug-likeness (QED) is 0.766. The highest BCUT2D eigenvalue weighted by molar-refractivity contribution is 5.75. The van der Waals surface area contributed by atoms with Crippen LogP contribution in [0.3, 0.4) is 0 Å². The Kier molecular flexibility index (Phi) is 4.04. The Morgan fingerprint density at radius 2 is 2.31 bits per heavy atom. The van der Waals surface area contributed by atoms with Crippen LogP contribution in [0.5, 0.6) is 0 Å². The van der Waals surface area contributed by atoms with E-state index in [9.17, 15) is 9.59 Å². The minimum absolute atomic E-state index is 0.148. The maximum absolute atomic E-state index is 11.0. The summed E-state index contributed by atoms with van der Waals surface area (Å²) < 4.78 is 1.67. The summed E-state index contributed by atoms with van der Waals surface area (Å²) >= 11 is 0. The topological polar surface area (TPSA) is 84.2 Å². The molecule has 0 fully saturated rings. The third-order valence-electron chi connectivity index (χ3n) is 2.16. The van der Waals surface area contributed by atoms with Crippen LogP contribution in [-0.4, -0.2) is 26.8 Å². The third kappa shape index (κ3) is 3.08. The monoisotopic (exact) mass is 225 g/mol. The first-order valence-electron chi connectivity index (χ1n) is 5.05. The summed E-state index contributed by atoms with van der Waals surface area (Å²) in [6, 6.07) is 1.19. The van der Waals surface area contributed by atoms with Gasteiger partial charge >= 0.3 is 5.97 Å². The van der Waals surface area contributed by atoms with E-state index in [0.29, 0.717) is 12.2 Å². The van der Waals surface area contributed by atoms with Crippen molar-refractivity contribution in [2.75, 3.05) is 0 Å². The van der Waals surface area contributed by atoms with E-state index in [0.717, 1.165) is 0 Å². The van der Waals surface area contributed by atoms with E-state index in [1.165, 1.54) is 6.92 Å². The van der Waals surface area contributed by atoms with E-state index in [2.05, 4.69) is 10.4 Å². The molecular weight excluding hydrogens is 210 g/mol. The number of nitrogens with zero attached hydrogens (tertiary/aromatic N) is 2. The van der Waals surface area contributed by atoms with E-state index >= 15 is 0 Å². The Morgan fingerprint density at radius 1 is 1.62 bits per heavy atom. The molecule has 0 saturated carbocycles. The summed E-state index contributed by atoms with van der Waals surface area (Å²) in [4.78, 5) is 21.7. The van der Waals surface area contributed by atoms with Crippen LogP contribution in [0, 0.1) is 0 Å². The second kappa shape index (κ2) is 5.29. The SMILES string of the molecule is CCn1nccc1[C@H](CC(=O)O)NC(C)=O. The molecule has 0 aliphatic carbocycles. The van der Waals surface area contributed by atoms with Gasteiger partial charge < -0.3 is 10.4 Å². The van der Waals surface area contributed by atoms with Crippen molar-refractivity contribution in [1.82, 2.24) is 15.1 Å². The van der Waals surface area contributed by atoms with Gasteiger partial charge in [-0.05, 0) is 13.0 Å². The van der Waals surface area contributed by atoms with E-state index in [4.69, 9.17) is 5.11 Å². The van der Waals surface area contributed by atoms with Crippen LogP contribution >= 0.6 is 0 Å². The highest BCUT2D eigenvalue weighted by atomic mass is 16.4. The van der Waals surface area contributed by atoms with Gasteiger partial charge in [0, 0.05) is 19.7 Å². The first-order chi connectivity index (χ1) is 7.54. The molecule has 0 bridgehead atoms. The summed E-state index contributed by atoms with van der Waals surface area (Å²) in [5, 5.41) is 15.4. The molecule has 0 aliphatic heterocycles. The molecule has 6 heteroatoms. The molecule has 1 heterocycles. The van der Waals surface area contributed by atoms with E-state index in [-0.39, 0.29) is 12.3 Å². The largest absolute Gasteiger partial charge is 0.481 e. The van der Waals surface area contributed by atoms with E-state index in [1.54, 1.807) is 16.9 Å². The third-order valence-corrected chi connectivity index (χ3v) is 2.16. The van der Waals surface area contributed by atoms with Crippen molar-refractivity contribution in [1.29, 1.82) is 0 Å². The number of carboxylic acids is 1. The lowest BCUT2D eigenvalue weighted by Gasteiger charge is -2.16. The Morgan fingerprint density at radius 3 is 2.81 bits per heavy atom. The highest BCUT2D eigenvalue weighted by Crippen LogP contribution is 2.16. The maximum Gasteiger partial charge on any atom is 0.305 e. The number of carboxylic acid groups (broad SMARTS) is 1. The van der Waals surface area contributed by atoms with Gasteiger partial charge in [-0.1, -0.05) is 0 Å². The van der Waals surface area contributed by atoms with Gasteiger partial charge in [0.2, 0.25) is 5.91 Å². The van der Waals surface area contributed by atoms with Crippen molar-refractivity contribution in [3.05, 3.63) is 18.0 Å². The first kappa shape index (κ1) is 12.2. The lowest BCUT2D eigenvalue weighted by atomic mass is 10.1. The Labute approximate surface area is 93.3 Å². The molecule has 88 valence electrons. The van der Waals surface area contributed by atoms with Gasteiger partial charge in [-0.15, -0.1) is 0 Å². The number of aliphatic carboxylic acids is 1. The molecule has 1 atom stereocenters. The lowest BCUT2D eigenvalue weighted by Crippen LogP contribution is -2.29. The number of nitrogens with one attached hydrogen (secondary N) is 1. The van der Waals surface area contributed by atoms with Gasteiger partial charge in [0.1, 0.15) is 0 Å². The molecule has 6 nitrogen and oxygen atoms in total. The Balaban J connectivity index is 2.90. The minimum atomic E-state index is -0.956. The fourth-order valence-corrected chi connectivity index (χ4v) is 1.55. The van der Waals surface area contributed by atoms with Crippen LogP contribution < -0.4 is 5.32 Å². The average Bonchev–Trinajstić information content (AvgIpc) is 2.62. The second-order valence-electron chi connectivity index (χ2n) is 3.42. The highest BCUT2D eigenvalue weighted by Gasteiger charge is 2.19. The second-order valence-corrected chi connectivity index (χ2v) is 3.42. The molecule has 2 N–H and O–H groups in total. The zero-order valence-electron chi connectivity index (χ0n) is 9.30. The van der Waals surface area contributed by atoms with Crippen molar-refractivity contribution in [3.8, 4) is 0 Å². The molecule has 0 aliphatic rings. The fraction of sp³-hybridized carbons (Fsp3) is 0.500. The van der Waals surface area contributed by atoms with Gasteiger partial charge in [-0.3, -0.25) is 14.3 Å². The summed E-state index contributed by atoms with van der Waals surface area (Å²) in [7, 11) is 0. The zero-order valence-corrected chi connectivity index (χ0v) is 9.30. The number of amides is 1. The summed E-state index contributed by atoms with van der Waals surface area (Å²) in [6.45, 7) is 3.90. The van der Waals surface area contributed by atoms with Crippen LogP contribution in [-0.2, 0) is 16.1 Å². The molecule has 0 spiro atoms. The summed E-state index contributed by atoms with van der Waals surface area (Å²) in [5.41, 5.74) is 0.708. The van der Waals surface area contributed by atoms with Crippen LogP contribution in [0.15, 0.2) is 12.3 Å². The first-order valence-corrected chi connectivity index (χ1v) is 5.05. The Hall–Kier alpha value is -1.85. The van der Waals surface area contributed by atoms with Gasteiger partial charge in [0.25, 0.3) is 0 Å². The van der Waals surface area contributed by atoms with Crippen LogP contribution in [0.2, 0.25) is 0 Å². The molecule has 1 aromatic rings. The van der Waals surface area contributed by atoms with Gasteiger partial charge in [-0.2, -0.15) is 5.10 Å². The van der Waals surface area contributed by atoms with Crippen molar-refractivity contribution >= 4 is 11.9 Å². The number of hydrogen-bond donors (Lipinski definition) is 2. The van der Waals surface area contributed by atoms with Crippen molar-refractivity contribution < 1.29 is 14.7 Å². The molecular formula is C10H15N3O3. The van der Waals surface area contributed by atoms with E-state index < -0.39 is 12.0 Å². The van der Waals surface area contributed by atoms with Gasteiger partial charge in [0.15, 0.2) is 0 Å². The number of carbonyl (C=O) groups excluding carboxylic acids is 1. The number of carbonyl (C=O) groups is 2. The average molecular weight is 225 g/mol. The number of aromatic nitrogens is 2. The minimum Gasteiger partial charge on any atom is -0.481 e. The molecule has 0 radical (unpaired) electrons. The molecule has 16 heavy (non-hydrogen) atoms. The summed E-state index contributed by atoms with van der Waals surface area (Å²) in [6.07, 6.45) is 1.45. The van der Waals surface area contributed by atoms with Crippen LogP contribution in [0.25, 0.3) is 0 Å².